The number of ketones is 1. The molecule has 174 valence electrons. The van der Waals surface area contributed by atoms with E-state index in [4.69, 9.17) is 16.3 Å². The van der Waals surface area contributed by atoms with Crippen LogP contribution in [0.2, 0.25) is 5.02 Å². The Morgan fingerprint density at radius 2 is 1.74 bits per heavy atom. The number of carbonyl (C=O) groups excluding carboxylic acids is 2. The van der Waals surface area contributed by atoms with Gasteiger partial charge in [-0.3, -0.25) is 14.5 Å². The average Bonchev–Trinajstić information content (AvgIpc) is 3.06. The van der Waals surface area contributed by atoms with E-state index >= 15 is 0 Å². The smallest absolute Gasteiger partial charge is 0.300 e. The van der Waals surface area contributed by atoms with Crippen LogP contribution in [0.4, 0.5) is 5.69 Å². The molecule has 0 aromatic heterocycles. The van der Waals surface area contributed by atoms with Gasteiger partial charge in [0.05, 0.1) is 18.2 Å². The number of nitrogens with zero attached hydrogens (tertiary/aromatic N) is 1. The highest BCUT2D eigenvalue weighted by Gasteiger charge is 2.47. The first-order valence-electron chi connectivity index (χ1n) is 10.8. The predicted octanol–water partition coefficient (Wildman–Crippen LogP) is 5.69. The Morgan fingerprint density at radius 3 is 2.38 bits per heavy atom. The summed E-state index contributed by atoms with van der Waals surface area (Å²) in [4.78, 5) is 28.0. The quantitative estimate of drug-likeness (QED) is 0.280. The number of phenolic OH excluding ortho intramolecular Hbond substituents is 1. The molecule has 1 aliphatic heterocycles. The molecule has 1 unspecified atom stereocenters. The molecule has 0 bridgehead atoms. The highest BCUT2D eigenvalue weighted by Crippen LogP contribution is 2.45. The number of ether oxygens (including phenoxy) is 1. The number of Topliss-reactive ketones (excluding diaryl/α,β-unsaturated/α-hetero) is 1. The molecule has 1 heterocycles. The first-order chi connectivity index (χ1) is 16.2. The van der Waals surface area contributed by atoms with E-state index in [1.54, 1.807) is 56.3 Å². The summed E-state index contributed by atoms with van der Waals surface area (Å²) >= 11 is 6.12. The van der Waals surface area contributed by atoms with E-state index in [0.717, 1.165) is 5.56 Å². The van der Waals surface area contributed by atoms with Crippen LogP contribution in [0.25, 0.3) is 5.76 Å². The van der Waals surface area contributed by atoms with E-state index in [0.29, 0.717) is 34.0 Å². The summed E-state index contributed by atoms with van der Waals surface area (Å²) in [5, 5.41) is 21.9. The largest absolute Gasteiger partial charge is 0.507 e. The highest BCUT2D eigenvalue weighted by molar-refractivity contribution is 6.51. The van der Waals surface area contributed by atoms with Crippen LogP contribution < -0.4 is 9.64 Å². The second-order valence-electron chi connectivity index (χ2n) is 8.13. The number of aliphatic hydroxyl groups excluding tert-OH is 1. The molecule has 4 rings (SSSR count). The second kappa shape index (κ2) is 9.23. The van der Waals surface area contributed by atoms with Crippen LogP contribution >= 0.6 is 11.6 Å². The van der Waals surface area contributed by atoms with Gasteiger partial charge in [-0.25, -0.2) is 0 Å². The van der Waals surface area contributed by atoms with E-state index in [9.17, 15) is 19.8 Å². The Bertz CT molecular complexity index is 1310. The normalized spacial score (nSPS) is 17.3. The van der Waals surface area contributed by atoms with Gasteiger partial charge >= 0.3 is 0 Å². The van der Waals surface area contributed by atoms with Gasteiger partial charge in [0.15, 0.2) is 11.5 Å². The molecule has 6 nitrogen and oxygen atoms in total. The number of anilines is 1. The second-order valence-corrected chi connectivity index (χ2v) is 8.56. The number of amides is 1. The van der Waals surface area contributed by atoms with Crippen molar-refractivity contribution >= 4 is 34.7 Å². The molecule has 1 saturated heterocycles. The zero-order valence-electron chi connectivity index (χ0n) is 19.0. The van der Waals surface area contributed by atoms with Gasteiger partial charge in [-0.1, -0.05) is 47.5 Å². The Kier molecular flexibility index (Phi) is 6.35. The zero-order valence-corrected chi connectivity index (χ0v) is 19.8. The molecule has 1 fully saturated rings. The van der Waals surface area contributed by atoms with Gasteiger partial charge in [-0.2, -0.15) is 0 Å². The monoisotopic (exact) mass is 477 g/mol. The van der Waals surface area contributed by atoms with Crippen molar-refractivity contribution in [3.8, 4) is 11.5 Å². The summed E-state index contributed by atoms with van der Waals surface area (Å²) in [5.41, 5.74) is 3.05. The lowest BCUT2D eigenvalue weighted by atomic mass is 9.94. The SMILES string of the molecule is CCOc1cc(C2/C(=C(\O)c3ccc(C)cc3)C(=O)C(=O)N2c2ccc(Cl)cc2C)ccc1O. The lowest BCUT2D eigenvalue weighted by Gasteiger charge is -2.27. The van der Waals surface area contributed by atoms with E-state index in [1.165, 1.54) is 11.0 Å². The summed E-state index contributed by atoms with van der Waals surface area (Å²) in [6.45, 7) is 5.81. The number of aryl methyl sites for hydroxylation is 2. The number of benzene rings is 3. The van der Waals surface area contributed by atoms with E-state index in [2.05, 4.69) is 0 Å². The predicted molar refractivity (Wildman–Crippen MR) is 131 cm³/mol. The Hall–Kier alpha value is -3.77. The highest BCUT2D eigenvalue weighted by atomic mass is 35.5. The van der Waals surface area contributed by atoms with Crippen molar-refractivity contribution in [3.63, 3.8) is 0 Å². The van der Waals surface area contributed by atoms with Gasteiger partial charge in [-0.15, -0.1) is 0 Å². The number of hydrogen-bond acceptors (Lipinski definition) is 5. The number of halogens is 1. The molecule has 0 radical (unpaired) electrons. The Labute approximate surface area is 202 Å². The fraction of sp³-hybridized carbons (Fsp3) is 0.185. The number of phenols is 1. The summed E-state index contributed by atoms with van der Waals surface area (Å²) in [7, 11) is 0. The molecule has 3 aromatic rings. The third-order valence-corrected chi connectivity index (χ3v) is 6.02. The summed E-state index contributed by atoms with van der Waals surface area (Å²) in [6, 6.07) is 15.7. The lowest BCUT2D eigenvalue weighted by Crippen LogP contribution is -2.30. The summed E-state index contributed by atoms with van der Waals surface area (Å²) < 4.78 is 5.53. The Balaban J connectivity index is 1.98. The maximum atomic E-state index is 13.3. The molecule has 2 N–H and O–H groups in total. The molecule has 0 saturated carbocycles. The number of aromatic hydroxyl groups is 1. The van der Waals surface area contributed by atoms with E-state index in [-0.39, 0.29) is 22.8 Å². The number of rotatable bonds is 5. The van der Waals surface area contributed by atoms with E-state index in [1.807, 2.05) is 19.1 Å². The van der Waals surface area contributed by atoms with Gasteiger partial charge in [0, 0.05) is 16.3 Å². The van der Waals surface area contributed by atoms with Crippen molar-refractivity contribution in [1.82, 2.24) is 0 Å². The van der Waals surface area contributed by atoms with Crippen molar-refractivity contribution < 1.29 is 24.5 Å². The molecule has 1 amide bonds. The van der Waals surface area contributed by atoms with Crippen LogP contribution in [0.1, 0.15) is 35.2 Å². The van der Waals surface area contributed by atoms with Crippen molar-refractivity contribution in [2.24, 2.45) is 0 Å². The summed E-state index contributed by atoms with van der Waals surface area (Å²) in [5.74, 6) is -1.69. The standard InChI is InChI=1S/C27H24ClNO5/c1-4-34-22-14-18(9-12-21(22)30)24-23(25(31)17-7-5-15(2)6-8-17)26(32)27(33)29(24)20-11-10-19(28)13-16(20)3/h5-14,24,30-31H,4H2,1-3H3/b25-23+. The third-order valence-electron chi connectivity index (χ3n) is 5.79. The first-order valence-corrected chi connectivity index (χ1v) is 11.2. The third kappa shape index (κ3) is 4.13. The first kappa shape index (κ1) is 23.4. The minimum atomic E-state index is -0.944. The van der Waals surface area contributed by atoms with Crippen molar-refractivity contribution in [2.75, 3.05) is 11.5 Å². The van der Waals surface area contributed by atoms with Crippen LogP contribution in [-0.2, 0) is 9.59 Å². The molecule has 0 aliphatic carbocycles. The van der Waals surface area contributed by atoms with Crippen molar-refractivity contribution in [2.45, 2.75) is 26.8 Å². The maximum Gasteiger partial charge on any atom is 0.300 e. The minimum absolute atomic E-state index is 0.0451. The fourth-order valence-electron chi connectivity index (χ4n) is 4.12. The van der Waals surface area contributed by atoms with Gasteiger partial charge in [0.25, 0.3) is 11.7 Å². The molecule has 0 spiro atoms. The van der Waals surface area contributed by atoms with Gasteiger partial charge in [0.2, 0.25) is 0 Å². The molecule has 7 heteroatoms. The fourth-order valence-corrected chi connectivity index (χ4v) is 4.35. The maximum absolute atomic E-state index is 13.3. The topological polar surface area (TPSA) is 87.1 Å². The van der Waals surface area contributed by atoms with Gasteiger partial charge < -0.3 is 14.9 Å². The zero-order chi connectivity index (χ0) is 24.6. The number of carbonyl (C=O) groups is 2. The molecule has 3 aromatic carbocycles. The van der Waals surface area contributed by atoms with E-state index < -0.39 is 17.7 Å². The Morgan fingerprint density at radius 1 is 1.03 bits per heavy atom. The van der Waals surface area contributed by atoms with Crippen LogP contribution in [0.3, 0.4) is 0 Å². The molecular weight excluding hydrogens is 454 g/mol. The van der Waals surface area contributed by atoms with Crippen LogP contribution in [0.5, 0.6) is 11.5 Å². The lowest BCUT2D eigenvalue weighted by molar-refractivity contribution is -0.132. The molecule has 34 heavy (non-hydrogen) atoms. The average molecular weight is 478 g/mol. The molecule has 1 aliphatic rings. The van der Waals surface area contributed by atoms with Gasteiger partial charge in [0.1, 0.15) is 5.76 Å². The summed E-state index contributed by atoms with van der Waals surface area (Å²) in [6.07, 6.45) is 0. The van der Waals surface area contributed by atoms with Crippen LogP contribution in [0, 0.1) is 13.8 Å². The van der Waals surface area contributed by atoms with Crippen LogP contribution in [0.15, 0.2) is 66.2 Å². The minimum Gasteiger partial charge on any atom is -0.507 e. The van der Waals surface area contributed by atoms with Crippen LogP contribution in [-0.4, -0.2) is 28.5 Å². The molecular formula is C27H24ClNO5. The number of aliphatic hydroxyl groups is 1. The van der Waals surface area contributed by atoms with Crippen molar-refractivity contribution in [3.05, 3.63) is 93.5 Å². The van der Waals surface area contributed by atoms with Crippen molar-refractivity contribution in [1.29, 1.82) is 0 Å². The van der Waals surface area contributed by atoms with Gasteiger partial charge in [-0.05, 0) is 62.2 Å². The molecule has 1 atom stereocenters. The number of hydrogen-bond donors (Lipinski definition) is 2.